The molecule has 2 aromatic carbocycles. The van der Waals surface area contributed by atoms with Gasteiger partial charge in [0.2, 0.25) is 11.7 Å². The van der Waals surface area contributed by atoms with E-state index in [9.17, 15) is 9.59 Å². The molecule has 2 fully saturated rings. The van der Waals surface area contributed by atoms with Crippen molar-refractivity contribution in [3.8, 4) is 5.75 Å². The van der Waals surface area contributed by atoms with E-state index >= 15 is 0 Å². The molecule has 250 valence electrons. The van der Waals surface area contributed by atoms with Crippen molar-refractivity contribution in [1.82, 2.24) is 14.5 Å². The van der Waals surface area contributed by atoms with Crippen LogP contribution in [0.15, 0.2) is 61.2 Å². The number of piperazine rings is 1. The van der Waals surface area contributed by atoms with E-state index in [1.165, 1.54) is 0 Å². The first-order valence-corrected chi connectivity index (χ1v) is 16.6. The molecule has 0 saturated carbocycles. The average molecular weight is 676 g/mol. The summed E-state index contributed by atoms with van der Waals surface area (Å²) in [6, 6.07) is 13.3. The van der Waals surface area contributed by atoms with Crippen LogP contribution in [0.3, 0.4) is 0 Å². The summed E-state index contributed by atoms with van der Waals surface area (Å²) in [6.07, 6.45) is 8.56. The van der Waals surface area contributed by atoms with E-state index in [-0.39, 0.29) is 17.9 Å². The Balaban J connectivity index is 0.000000416. The largest absolute Gasteiger partial charge is 0.491 e. The Morgan fingerprint density at radius 3 is 2.33 bits per heavy atom. The lowest BCUT2D eigenvalue weighted by Crippen LogP contribution is -2.48. The van der Waals surface area contributed by atoms with Crippen LogP contribution < -0.4 is 9.64 Å². The van der Waals surface area contributed by atoms with Crippen LogP contribution in [-0.4, -0.2) is 76.9 Å². The number of hydrogen-bond donors (Lipinski definition) is 1. The molecule has 3 aromatic rings. The highest BCUT2D eigenvalue weighted by atomic mass is 35.5. The molecule has 1 N–H and O–H groups in total. The number of nitrogens with zero attached hydrogens (tertiary/aromatic N) is 4. The minimum atomic E-state index is -1.08. The van der Waals surface area contributed by atoms with Gasteiger partial charge in [-0.2, -0.15) is 0 Å². The van der Waals surface area contributed by atoms with Crippen LogP contribution in [0, 0.1) is 5.92 Å². The average Bonchev–Trinajstić information content (AvgIpc) is 3.71. The normalized spacial score (nSPS) is 19.6. The molecule has 2 aliphatic rings. The number of carboxylic acid groups (broad SMARTS) is 1. The molecule has 0 unspecified atom stereocenters. The van der Waals surface area contributed by atoms with Crippen molar-refractivity contribution in [1.29, 1.82) is 0 Å². The van der Waals surface area contributed by atoms with Gasteiger partial charge in [-0.3, -0.25) is 9.59 Å². The van der Waals surface area contributed by atoms with Crippen molar-refractivity contribution in [3.05, 3.63) is 76.8 Å². The lowest BCUT2D eigenvalue weighted by molar-refractivity contribution is -0.189. The summed E-state index contributed by atoms with van der Waals surface area (Å²) in [5, 5.41) is 9.66. The second-order valence-corrected chi connectivity index (χ2v) is 12.4. The third-order valence-corrected chi connectivity index (χ3v) is 8.68. The van der Waals surface area contributed by atoms with E-state index in [2.05, 4.69) is 9.88 Å². The first-order valence-electron chi connectivity index (χ1n) is 15.8. The van der Waals surface area contributed by atoms with E-state index in [1.54, 1.807) is 31.6 Å². The number of hydrogen-bond acceptors (Lipinski definition) is 7. The van der Waals surface area contributed by atoms with Crippen molar-refractivity contribution in [2.45, 2.75) is 64.9 Å². The summed E-state index contributed by atoms with van der Waals surface area (Å²) >= 11 is 12.7. The van der Waals surface area contributed by atoms with Crippen molar-refractivity contribution in [3.63, 3.8) is 0 Å². The Morgan fingerprint density at radius 1 is 1.07 bits per heavy atom. The first kappa shape index (κ1) is 35.5. The minimum Gasteiger partial charge on any atom is -0.491 e. The third kappa shape index (κ3) is 9.61. The fourth-order valence-corrected chi connectivity index (χ4v) is 6.24. The van der Waals surface area contributed by atoms with Gasteiger partial charge in [0.25, 0.3) is 0 Å². The summed E-state index contributed by atoms with van der Waals surface area (Å²) in [5.74, 6) is -0.939. The molecule has 5 rings (SSSR count). The van der Waals surface area contributed by atoms with Gasteiger partial charge >= 0.3 is 5.97 Å². The van der Waals surface area contributed by atoms with Crippen molar-refractivity contribution in [2.75, 3.05) is 44.3 Å². The maximum atomic E-state index is 11.6. The molecular weight excluding hydrogens is 631 g/mol. The Morgan fingerprint density at radius 2 is 1.76 bits per heavy atom. The number of aromatic nitrogens is 2. The fourth-order valence-electron chi connectivity index (χ4n) is 5.69. The minimum absolute atomic E-state index is 0.102. The highest BCUT2D eigenvalue weighted by Gasteiger charge is 2.45. The van der Waals surface area contributed by atoms with Crippen molar-refractivity contribution in [2.24, 2.45) is 5.92 Å². The molecule has 10 nitrogen and oxygen atoms in total. The number of aliphatic carboxylic acids is 1. The maximum absolute atomic E-state index is 11.6. The van der Waals surface area contributed by atoms with Crippen LogP contribution in [-0.2, 0) is 31.4 Å². The molecular formula is C34H44Cl2N4O6. The van der Waals surface area contributed by atoms with Gasteiger partial charge in [0.05, 0.1) is 30.4 Å². The second-order valence-electron chi connectivity index (χ2n) is 11.6. The standard InChI is InChI=1S/C26H28Cl2N4O4.C8H16O2/c1-19(33)31-10-12-32(13-11-31)21-3-5-22(6-4-21)34-15-23-16-35-26(36-23,17-30-9-8-29-18-30)24-7-2-20(27)14-25(24)28;1-3-5-7(6-4-2)8(9)10/h2-9,14,18,23H,10-13,15-17H2,1H3;7H,3-6H2,1-2H3,(H,9,10)/t23-,26-;/m0./s1. The van der Waals surface area contributed by atoms with Gasteiger partial charge in [0.1, 0.15) is 18.5 Å². The van der Waals surface area contributed by atoms with E-state index in [1.807, 2.05) is 59.8 Å². The van der Waals surface area contributed by atoms with E-state index in [0.29, 0.717) is 35.4 Å². The van der Waals surface area contributed by atoms with Gasteiger partial charge in [-0.25, -0.2) is 4.98 Å². The molecule has 12 heteroatoms. The zero-order valence-electron chi connectivity index (χ0n) is 26.7. The third-order valence-electron chi connectivity index (χ3n) is 8.14. The molecule has 1 aromatic heterocycles. The van der Waals surface area contributed by atoms with Gasteiger partial charge in [0, 0.05) is 61.8 Å². The molecule has 0 aliphatic carbocycles. The van der Waals surface area contributed by atoms with E-state index in [0.717, 1.165) is 63.3 Å². The molecule has 2 saturated heterocycles. The highest BCUT2D eigenvalue weighted by molar-refractivity contribution is 6.35. The lowest BCUT2D eigenvalue weighted by atomic mass is 9.99. The van der Waals surface area contributed by atoms with Crippen LogP contribution in [0.5, 0.6) is 5.75 Å². The zero-order chi connectivity index (χ0) is 33.1. The predicted octanol–water partition coefficient (Wildman–Crippen LogP) is 6.49. The number of carbonyl (C=O) groups excluding carboxylic acids is 1. The van der Waals surface area contributed by atoms with E-state index in [4.69, 9.17) is 42.5 Å². The molecule has 46 heavy (non-hydrogen) atoms. The molecule has 1 amide bonds. The lowest BCUT2D eigenvalue weighted by Gasteiger charge is -2.35. The van der Waals surface area contributed by atoms with Crippen molar-refractivity contribution < 1.29 is 28.9 Å². The fraction of sp³-hybridized carbons (Fsp3) is 0.500. The van der Waals surface area contributed by atoms with E-state index < -0.39 is 11.8 Å². The molecule has 0 radical (unpaired) electrons. The number of anilines is 1. The summed E-state index contributed by atoms with van der Waals surface area (Å²) < 4.78 is 20.6. The second kappa shape index (κ2) is 17.0. The first-order chi connectivity index (χ1) is 22.1. The van der Waals surface area contributed by atoms with Crippen LogP contribution in [0.2, 0.25) is 10.0 Å². The van der Waals surface area contributed by atoms with Crippen LogP contribution >= 0.6 is 23.2 Å². The summed E-state index contributed by atoms with van der Waals surface area (Å²) in [7, 11) is 0. The number of carbonyl (C=O) groups is 2. The Labute approximate surface area is 281 Å². The van der Waals surface area contributed by atoms with Gasteiger partial charge in [-0.05, 0) is 49.2 Å². The molecule has 3 heterocycles. The van der Waals surface area contributed by atoms with Crippen LogP contribution in [0.4, 0.5) is 5.69 Å². The predicted molar refractivity (Wildman–Crippen MR) is 179 cm³/mol. The number of ether oxygens (including phenoxy) is 3. The van der Waals surface area contributed by atoms with Crippen molar-refractivity contribution >= 4 is 40.8 Å². The smallest absolute Gasteiger partial charge is 0.306 e. The highest BCUT2D eigenvalue weighted by Crippen LogP contribution is 2.40. The maximum Gasteiger partial charge on any atom is 0.306 e. The molecule has 0 bridgehead atoms. The molecule has 2 aliphatic heterocycles. The summed E-state index contributed by atoms with van der Waals surface area (Å²) in [5.41, 5.74) is 1.82. The summed E-state index contributed by atoms with van der Waals surface area (Å²) in [6.45, 7) is 9.84. The SMILES string of the molecule is CC(=O)N1CCN(c2ccc(OC[C@H]3CO[C@](Cn4ccnc4)(c4ccc(Cl)cc4Cl)O3)cc2)CC1.CCCC(CCC)C(=O)O. The Hall–Kier alpha value is -3.31. The van der Waals surface area contributed by atoms with Gasteiger partial charge in [-0.15, -0.1) is 0 Å². The number of halogens is 2. The van der Waals surface area contributed by atoms with Gasteiger partial charge in [-0.1, -0.05) is 56.0 Å². The number of benzene rings is 2. The number of rotatable bonds is 12. The van der Waals surface area contributed by atoms with Crippen LogP contribution in [0.1, 0.15) is 52.0 Å². The van der Waals surface area contributed by atoms with Gasteiger partial charge in [0.15, 0.2) is 0 Å². The molecule has 0 spiro atoms. The number of amides is 1. The quantitative estimate of drug-likeness (QED) is 0.232. The zero-order valence-corrected chi connectivity index (χ0v) is 28.3. The monoisotopic (exact) mass is 674 g/mol. The summed E-state index contributed by atoms with van der Waals surface area (Å²) in [4.78, 5) is 30.3. The Kier molecular flexibility index (Phi) is 13.1. The van der Waals surface area contributed by atoms with Crippen LogP contribution in [0.25, 0.3) is 0 Å². The van der Waals surface area contributed by atoms with Gasteiger partial charge < -0.3 is 33.7 Å². The number of carboxylic acids is 1. The topological polar surface area (TPSA) is 106 Å². The molecule has 2 atom stereocenters. The number of imidazole rings is 1. The Bertz CT molecular complexity index is 1390.